The number of nitrogens with one attached hydrogen (secondary N) is 1. The van der Waals surface area contributed by atoms with Crippen LogP contribution in [0.5, 0.6) is 0 Å². The van der Waals surface area contributed by atoms with E-state index in [-0.39, 0.29) is 0 Å². The van der Waals surface area contributed by atoms with Crippen molar-refractivity contribution >= 4 is 33.3 Å². The van der Waals surface area contributed by atoms with Gasteiger partial charge in [0.2, 0.25) is 0 Å². The Morgan fingerprint density at radius 2 is 1.88 bits per heavy atom. The summed E-state index contributed by atoms with van der Waals surface area (Å²) in [6, 6.07) is 14.8. The molecule has 0 saturated carbocycles. The molecule has 3 N–H and O–H groups in total. The first-order chi connectivity index (χ1) is 12.0. The highest BCUT2D eigenvalue weighted by Gasteiger charge is 2.22. The molecule has 25 heavy (non-hydrogen) atoms. The molecule has 0 aliphatic carbocycles. The summed E-state index contributed by atoms with van der Waals surface area (Å²) in [4.78, 5) is 6.97. The van der Waals surface area contributed by atoms with E-state index in [0.717, 1.165) is 36.2 Å². The molecule has 1 aliphatic heterocycles. The summed E-state index contributed by atoms with van der Waals surface area (Å²) in [7, 11) is 0. The third-order valence-electron chi connectivity index (χ3n) is 4.49. The lowest BCUT2D eigenvalue weighted by Gasteiger charge is -2.18. The number of nitrogens with two attached hydrogens (primary N) is 1. The van der Waals surface area contributed by atoms with E-state index in [9.17, 15) is 0 Å². The number of nitrogens with zero attached hydrogens (tertiary/aromatic N) is 2. The maximum atomic E-state index is 6.07. The molecule has 2 aromatic carbocycles. The molecule has 5 heteroatoms. The van der Waals surface area contributed by atoms with Gasteiger partial charge in [-0.25, -0.2) is 0 Å². The van der Waals surface area contributed by atoms with Crippen LogP contribution in [-0.2, 0) is 0 Å². The van der Waals surface area contributed by atoms with Gasteiger partial charge in [-0.1, -0.05) is 22.0 Å². The summed E-state index contributed by atoms with van der Waals surface area (Å²) in [5.41, 5.74) is 10.8. The Labute approximate surface area is 158 Å². The fourth-order valence-electron chi connectivity index (χ4n) is 3.33. The van der Waals surface area contributed by atoms with Crippen LogP contribution in [0, 0.1) is 19.8 Å². The summed E-state index contributed by atoms with van der Waals surface area (Å²) in [6.07, 6.45) is 1.15. The largest absolute Gasteiger partial charge is 0.371 e. The fraction of sp³-hybridized carbons (Fsp3) is 0.350. The van der Waals surface area contributed by atoms with E-state index in [1.54, 1.807) is 0 Å². The van der Waals surface area contributed by atoms with Gasteiger partial charge in [-0.2, -0.15) is 0 Å². The molecular weight excluding hydrogens is 376 g/mol. The summed E-state index contributed by atoms with van der Waals surface area (Å²) in [5, 5.41) is 3.21. The molecule has 1 saturated heterocycles. The van der Waals surface area contributed by atoms with Gasteiger partial charge < -0.3 is 16.0 Å². The molecule has 1 heterocycles. The maximum absolute atomic E-state index is 6.07. The van der Waals surface area contributed by atoms with Crippen LogP contribution in [0.3, 0.4) is 0 Å². The standard InChI is InChI=1S/C20H25BrN4/c1-14-9-15(2)11-18(10-14)24-20(22)23-12-16-7-8-25(13-16)19-5-3-17(21)4-6-19/h3-6,9-11,16H,7-8,12-13H2,1-2H3,(H3,22,23,24). The van der Waals surface area contributed by atoms with Crippen LogP contribution in [0.25, 0.3) is 0 Å². The average Bonchev–Trinajstić information content (AvgIpc) is 3.01. The predicted octanol–water partition coefficient (Wildman–Crippen LogP) is 4.32. The minimum Gasteiger partial charge on any atom is -0.371 e. The Bertz CT molecular complexity index is 735. The van der Waals surface area contributed by atoms with Gasteiger partial charge in [0.15, 0.2) is 5.96 Å². The zero-order valence-corrected chi connectivity index (χ0v) is 16.4. The molecule has 1 unspecified atom stereocenters. The zero-order valence-electron chi connectivity index (χ0n) is 14.8. The first kappa shape index (κ1) is 17.8. The summed E-state index contributed by atoms with van der Waals surface area (Å²) in [5.74, 6) is 1.04. The predicted molar refractivity (Wildman–Crippen MR) is 110 cm³/mol. The number of anilines is 2. The smallest absolute Gasteiger partial charge is 0.193 e. The second-order valence-corrected chi connectivity index (χ2v) is 7.72. The number of hydrogen-bond acceptors (Lipinski definition) is 2. The van der Waals surface area contributed by atoms with E-state index < -0.39 is 0 Å². The molecular formula is C20H25BrN4. The van der Waals surface area contributed by atoms with Crippen molar-refractivity contribution in [2.45, 2.75) is 20.3 Å². The van der Waals surface area contributed by atoms with Crippen molar-refractivity contribution in [2.24, 2.45) is 16.6 Å². The minimum absolute atomic E-state index is 0.493. The molecule has 3 rings (SSSR count). The van der Waals surface area contributed by atoms with Gasteiger partial charge in [-0.05, 0) is 73.7 Å². The zero-order chi connectivity index (χ0) is 17.8. The SMILES string of the molecule is Cc1cc(C)cc(NC(N)=NCC2CCN(c3ccc(Br)cc3)C2)c1. The Kier molecular flexibility index (Phi) is 5.63. The topological polar surface area (TPSA) is 53.6 Å². The molecule has 132 valence electrons. The number of guanidine groups is 1. The van der Waals surface area contributed by atoms with Crippen molar-refractivity contribution in [1.82, 2.24) is 0 Å². The second-order valence-electron chi connectivity index (χ2n) is 6.80. The van der Waals surface area contributed by atoms with Gasteiger partial charge in [0.05, 0.1) is 0 Å². The van der Waals surface area contributed by atoms with Crippen molar-refractivity contribution in [3.8, 4) is 0 Å². The van der Waals surface area contributed by atoms with E-state index in [4.69, 9.17) is 5.73 Å². The van der Waals surface area contributed by atoms with Gasteiger partial charge in [0.1, 0.15) is 0 Å². The van der Waals surface area contributed by atoms with Crippen molar-refractivity contribution in [2.75, 3.05) is 29.9 Å². The van der Waals surface area contributed by atoms with E-state index in [1.807, 2.05) is 0 Å². The molecule has 0 radical (unpaired) electrons. The fourth-order valence-corrected chi connectivity index (χ4v) is 3.59. The number of rotatable bonds is 4. The Morgan fingerprint density at radius 3 is 2.56 bits per heavy atom. The lowest BCUT2D eigenvalue weighted by molar-refractivity contribution is 0.603. The number of hydrogen-bond donors (Lipinski definition) is 2. The molecule has 1 atom stereocenters. The van der Waals surface area contributed by atoms with Crippen LogP contribution < -0.4 is 16.0 Å². The first-order valence-corrected chi connectivity index (χ1v) is 9.44. The highest BCUT2D eigenvalue weighted by atomic mass is 79.9. The Hall–Kier alpha value is -2.01. The van der Waals surface area contributed by atoms with Gasteiger partial charge in [-0.15, -0.1) is 0 Å². The molecule has 4 nitrogen and oxygen atoms in total. The molecule has 1 aliphatic rings. The van der Waals surface area contributed by atoms with Crippen LogP contribution in [0.15, 0.2) is 51.9 Å². The van der Waals surface area contributed by atoms with Crippen LogP contribution >= 0.6 is 15.9 Å². The summed E-state index contributed by atoms with van der Waals surface area (Å²) in [6.45, 7) is 7.03. The summed E-state index contributed by atoms with van der Waals surface area (Å²) < 4.78 is 1.11. The van der Waals surface area contributed by atoms with Gasteiger partial charge in [0, 0.05) is 35.5 Å². The molecule has 0 bridgehead atoms. The van der Waals surface area contributed by atoms with E-state index in [1.165, 1.54) is 16.8 Å². The second kappa shape index (κ2) is 7.91. The third-order valence-corrected chi connectivity index (χ3v) is 5.02. The molecule has 1 fully saturated rings. The van der Waals surface area contributed by atoms with Gasteiger partial charge in [-0.3, -0.25) is 4.99 Å². The van der Waals surface area contributed by atoms with Gasteiger partial charge in [0.25, 0.3) is 0 Å². The van der Waals surface area contributed by atoms with Crippen LogP contribution in [0.2, 0.25) is 0 Å². The molecule has 2 aromatic rings. The summed E-state index contributed by atoms with van der Waals surface area (Å²) >= 11 is 3.49. The lowest BCUT2D eigenvalue weighted by atomic mass is 10.1. The number of aryl methyl sites for hydroxylation is 2. The van der Waals surface area contributed by atoms with Gasteiger partial charge >= 0.3 is 0 Å². The van der Waals surface area contributed by atoms with E-state index in [0.29, 0.717) is 11.9 Å². The maximum Gasteiger partial charge on any atom is 0.193 e. The highest BCUT2D eigenvalue weighted by molar-refractivity contribution is 9.10. The average molecular weight is 401 g/mol. The Balaban J connectivity index is 1.54. The minimum atomic E-state index is 0.493. The van der Waals surface area contributed by atoms with Crippen LogP contribution in [0.1, 0.15) is 17.5 Å². The van der Waals surface area contributed by atoms with Crippen molar-refractivity contribution in [3.63, 3.8) is 0 Å². The molecule has 0 spiro atoms. The highest BCUT2D eigenvalue weighted by Crippen LogP contribution is 2.25. The first-order valence-electron chi connectivity index (χ1n) is 8.65. The van der Waals surface area contributed by atoms with Crippen molar-refractivity contribution in [3.05, 3.63) is 58.1 Å². The number of aliphatic imine (C=N–C) groups is 1. The quantitative estimate of drug-likeness (QED) is 0.593. The third kappa shape index (κ3) is 4.98. The molecule has 0 amide bonds. The molecule has 0 aromatic heterocycles. The van der Waals surface area contributed by atoms with E-state index in [2.05, 4.69) is 87.5 Å². The monoisotopic (exact) mass is 400 g/mol. The number of benzene rings is 2. The van der Waals surface area contributed by atoms with Crippen LogP contribution in [0.4, 0.5) is 11.4 Å². The van der Waals surface area contributed by atoms with Crippen molar-refractivity contribution in [1.29, 1.82) is 0 Å². The lowest BCUT2D eigenvalue weighted by Crippen LogP contribution is -2.25. The normalized spacial score (nSPS) is 17.8. The van der Waals surface area contributed by atoms with Crippen LogP contribution in [-0.4, -0.2) is 25.6 Å². The van der Waals surface area contributed by atoms with E-state index >= 15 is 0 Å². The Morgan fingerprint density at radius 1 is 1.20 bits per heavy atom. The number of halogens is 1. The van der Waals surface area contributed by atoms with Crippen molar-refractivity contribution < 1.29 is 0 Å².